The highest BCUT2D eigenvalue weighted by Gasteiger charge is 2.50. The number of epoxide rings is 1. The van der Waals surface area contributed by atoms with Gasteiger partial charge in [-0.3, -0.25) is 0 Å². The van der Waals surface area contributed by atoms with Crippen LogP contribution in [0, 0.1) is 0 Å². The zero-order valence-corrected chi connectivity index (χ0v) is 7.39. The quantitative estimate of drug-likeness (QED) is 0.384. The van der Waals surface area contributed by atoms with Crippen LogP contribution >= 0.6 is 0 Å². The van der Waals surface area contributed by atoms with E-state index in [1.807, 2.05) is 0 Å². The molecule has 0 N–H and O–H groups in total. The molecular formula is C10H16O. The zero-order valence-electron chi connectivity index (χ0n) is 7.39. The van der Waals surface area contributed by atoms with Crippen molar-refractivity contribution >= 4 is 0 Å². The molecule has 0 aromatic heterocycles. The Bertz CT molecular complexity index is 195. The third kappa shape index (κ3) is 1.34. The molecule has 62 valence electrons. The standard InChI is InChI=1S/C10H16O/c1-8-4-3-7-10(2)9(11-10)6-5-8/h4,9H,3,5-7H2,1-2H3/b8-4-. The second-order valence-corrected chi connectivity index (χ2v) is 4.05. The molecule has 0 bridgehead atoms. The Labute approximate surface area is 68.4 Å². The topological polar surface area (TPSA) is 12.5 Å². The first-order valence-electron chi connectivity index (χ1n) is 4.54. The van der Waals surface area contributed by atoms with Crippen molar-refractivity contribution in [1.29, 1.82) is 0 Å². The highest BCUT2D eigenvalue weighted by atomic mass is 16.6. The van der Waals surface area contributed by atoms with Crippen LogP contribution in [0.2, 0.25) is 0 Å². The number of rotatable bonds is 0. The molecule has 0 aromatic carbocycles. The Morgan fingerprint density at radius 3 is 3.27 bits per heavy atom. The average molecular weight is 152 g/mol. The summed E-state index contributed by atoms with van der Waals surface area (Å²) in [5.41, 5.74) is 1.81. The van der Waals surface area contributed by atoms with Crippen LogP contribution in [0.3, 0.4) is 0 Å². The van der Waals surface area contributed by atoms with Crippen molar-refractivity contribution < 1.29 is 4.74 Å². The van der Waals surface area contributed by atoms with Crippen molar-refractivity contribution in [2.24, 2.45) is 0 Å². The van der Waals surface area contributed by atoms with Gasteiger partial charge in [-0.25, -0.2) is 0 Å². The van der Waals surface area contributed by atoms with Gasteiger partial charge in [-0.05, 0) is 39.5 Å². The van der Waals surface area contributed by atoms with Crippen LogP contribution in [0.15, 0.2) is 11.6 Å². The summed E-state index contributed by atoms with van der Waals surface area (Å²) in [7, 11) is 0. The van der Waals surface area contributed by atoms with Gasteiger partial charge in [0.25, 0.3) is 0 Å². The first kappa shape index (κ1) is 7.35. The molecule has 2 atom stereocenters. The van der Waals surface area contributed by atoms with Gasteiger partial charge in [-0.1, -0.05) is 11.6 Å². The molecule has 1 aliphatic heterocycles. The molecule has 0 saturated carbocycles. The highest BCUT2D eigenvalue weighted by Crippen LogP contribution is 2.44. The third-order valence-electron chi connectivity index (χ3n) is 2.97. The van der Waals surface area contributed by atoms with E-state index in [0.29, 0.717) is 6.10 Å². The molecule has 0 amide bonds. The Morgan fingerprint density at radius 2 is 2.45 bits per heavy atom. The lowest BCUT2D eigenvalue weighted by Gasteiger charge is -2.08. The van der Waals surface area contributed by atoms with Gasteiger partial charge in [0.2, 0.25) is 0 Å². The van der Waals surface area contributed by atoms with Gasteiger partial charge in [0.1, 0.15) is 0 Å². The molecule has 1 aliphatic carbocycles. The van der Waals surface area contributed by atoms with E-state index in [2.05, 4.69) is 19.9 Å². The van der Waals surface area contributed by atoms with Crippen molar-refractivity contribution in [2.45, 2.75) is 51.2 Å². The van der Waals surface area contributed by atoms with Crippen LogP contribution in [0.1, 0.15) is 39.5 Å². The predicted molar refractivity (Wildman–Crippen MR) is 45.5 cm³/mol. The average Bonchev–Trinajstić information content (AvgIpc) is 2.54. The smallest absolute Gasteiger partial charge is 0.0923 e. The summed E-state index contributed by atoms with van der Waals surface area (Å²) < 4.78 is 5.64. The fourth-order valence-corrected chi connectivity index (χ4v) is 1.94. The second kappa shape index (κ2) is 2.34. The molecule has 2 aliphatic rings. The molecule has 1 fully saturated rings. The fourth-order valence-electron chi connectivity index (χ4n) is 1.94. The molecule has 1 nitrogen and oxygen atoms in total. The zero-order chi connectivity index (χ0) is 7.90. The lowest BCUT2D eigenvalue weighted by atomic mass is 9.93. The summed E-state index contributed by atoms with van der Waals surface area (Å²) in [6.45, 7) is 4.47. The summed E-state index contributed by atoms with van der Waals surface area (Å²) in [4.78, 5) is 0. The Kier molecular flexibility index (Phi) is 1.57. The molecule has 1 heteroatoms. The van der Waals surface area contributed by atoms with Crippen molar-refractivity contribution in [2.75, 3.05) is 0 Å². The summed E-state index contributed by atoms with van der Waals surface area (Å²) in [6.07, 6.45) is 7.84. The van der Waals surface area contributed by atoms with Gasteiger partial charge >= 0.3 is 0 Å². The molecular weight excluding hydrogens is 136 g/mol. The molecule has 2 unspecified atom stereocenters. The van der Waals surface area contributed by atoms with Crippen molar-refractivity contribution in [3.05, 3.63) is 11.6 Å². The maximum atomic E-state index is 5.64. The SMILES string of the molecule is C/C1=C/CCC2(C)OC2CC1. The van der Waals surface area contributed by atoms with E-state index in [1.54, 1.807) is 5.57 Å². The largest absolute Gasteiger partial charge is 0.366 e. The predicted octanol–water partition coefficient (Wildman–Crippen LogP) is 2.66. The molecule has 1 heterocycles. The summed E-state index contributed by atoms with van der Waals surface area (Å²) >= 11 is 0. The molecule has 0 aromatic rings. The fraction of sp³-hybridized carbons (Fsp3) is 0.800. The van der Waals surface area contributed by atoms with E-state index < -0.39 is 0 Å². The Morgan fingerprint density at radius 1 is 1.64 bits per heavy atom. The molecule has 1 saturated heterocycles. The number of ether oxygens (including phenoxy) is 1. The summed E-state index contributed by atoms with van der Waals surface area (Å²) in [5.74, 6) is 0. The maximum absolute atomic E-state index is 5.64. The van der Waals surface area contributed by atoms with Crippen LogP contribution in [0.4, 0.5) is 0 Å². The second-order valence-electron chi connectivity index (χ2n) is 4.05. The molecule has 11 heavy (non-hydrogen) atoms. The first-order chi connectivity index (χ1) is 5.21. The van der Waals surface area contributed by atoms with Gasteiger partial charge in [-0.15, -0.1) is 0 Å². The number of fused-ring (bicyclic) bond motifs is 1. The van der Waals surface area contributed by atoms with Crippen LogP contribution in [0.5, 0.6) is 0 Å². The summed E-state index contributed by atoms with van der Waals surface area (Å²) in [5, 5.41) is 0. The van der Waals surface area contributed by atoms with E-state index in [1.165, 1.54) is 25.7 Å². The number of hydrogen-bond donors (Lipinski definition) is 0. The van der Waals surface area contributed by atoms with E-state index in [-0.39, 0.29) is 5.60 Å². The van der Waals surface area contributed by atoms with E-state index in [9.17, 15) is 0 Å². The summed E-state index contributed by atoms with van der Waals surface area (Å²) in [6, 6.07) is 0. The van der Waals surface area contributed by atoms with Crippen molar-refractivity contribution in [1.82, 2.24) is 0 Å². The van der Waals surface area contributed by atoms with Crippen LogP contribution in [0.25, 0.3) is 0 Å². The van der Waals surface area contributed by atoms with E-state index >= 15 is 0 Å². The third-order valence-corrected chi connectivity index (χ3v) is 2.97. The van der Waals surface area contributed by atoms with Gasteiger partial charge in [0.15, 0.2) is 0 Å². The first-order valence-corrected chi connectivity index (χ1v) is 4.54. The Hall–Kier alpha value is -0.300. The van der Waals surface area contributed by atoms with Crippen LogP contribution in [-0.2, 0) is 4.74 Å². The lowest BCUT2D eigenvalue weighted by Crippen LogP contribution is -2.10. The van der Waals surface area contributed by atoms with Gasteiger partial charge in [-0.2, -0.15) is 0 Å². The minimum atomic E-state index is 0.261. The highest BCUT2D eigenvalue weighted by molar-refractivity contribution is 5.08. The minimum Gasteiger partial charge on any atom is -0.366 e. The van der Waals surface area contributed by atoms with Crippen molar-refractivity contribution in [3.63, 3.8) is 0 Å². The van der Waals surface area contributed by atoms with Gasteiger partial charge in [0, 0.05) is 0 Å². The van der Waals surface area contributed by atoms with E-state index in [0.717, 1.165) is 0 Å². The Balaban J connectivity index is 2.02. The van der Waals surface area contributed by atoms with Gasteiger partial charge < -0.3 is 4.74 Å². The van der Waals surface area contributed by atoms with Crippen LogP contribution < -0.4 is 0 Å². The monoisotopic (exact) mass is 152 g/mol. The molecule has 2 rings (SSSR count). The molecule has 0 radical (unpaired) electrons. The van der Waals surface area contributed by atoms with Gasteiger partial charge in [0.05, 0.1) is 11.7 Å². The number of allylic oxidation sites excluding steroid dienone is 2. The lowest BCUT2D eigenvalue weighted by molar-refractivity contribution is 0.296. The van der Waals surface area contributed by atoms with Crippen molar-refractivity contribution in [3.8, 4) is 0 Å². The normalized spacial score (nSPS) is 48.2. The van der Waals surface area contributed by atoms with Crippen LogP contribution in [-0.4, -0.2) is 11.7 Å². The minimum absolute atomic E-state index is 0.261. The number of hydrogen-bond acceptors (Lipinski definition) is 1. The maximum Gasteiger partial charge on any atom is 0.0923 e. The molecule has 0 spiro atoms. The van der Waals surface area contributed by atoms with E-state index in [4.69, 9.17) is 4.74 Å².